The maximum absolute atomic E-state index is 10.9. The predicted molar refractivity (Wildman–Crippen MR) is 67.1 cm³/mol. The molecule has 1 aromatic carbocycles. The lowest BCUT2D eigenvalue weighted by atomic mass is 10.2. The summed E-state index contributed by atoms with van der Waals surface area (Å²) in [7, 11) is 0. The Bertz CT molecular complexity index is 450. The lowest BCUT2D eigenvalue weighted by Crippen LogP contribution is -2.21. The summed E-state index contributed by atoms with van der Waals surface area (Å²) in [4.78, 5) is 12.4. The lowest BCUT2D eigenvalue weighted by molar-refractivity contribution is -0.385. The quantitative estimate of drug-likeness (QED) is 0.650. The zero-order chi connectivity index (χ0) is 13.1. The normalized spacial score (nSPS) is 19.0. The predicted octanol–water partition coefficient (Wildman–Crippen LogP) is 1.56. The average molecular weight is 252 g/mol. The summed E-state index contributed by atoms with van der Waals surface area (Å²) in [6.07, 6.45) is 0.400. The van der Waals surface area contributed by atoms with E-state index in [9.17, 15) is 15.2 Å². The highest BCUT2D eigenvalue weighted by Crippen LogP contribution is 2.32. The van der Waals surface area contributed by atoms with Gasteiger partial charge in [-0.25, -0.2) is 0 Å². The number of aliphatic hydroxyl groups excluding tert-OH is 1. The SMILES string of the molecule is CCOc1cc(N2CC[C@@H](O)C2)ccc1[N+](=O)[O-]. The first-order valence-corrected chi connectivity index (χ1v) is 5.96. The Hall–Kier alpha value is -1.82. The number of ether oxygens (including phenoxy) is 1. The number of benzene rings is 1. The molecule has 0 radical (unpaired) electrons. The van der Waals surface area contributed by atoms with Crippen LogP contribution in [0.25, 0.3) is 0 Å². The van der Waals surface area contributed by atoms with Gasteiger partial charge in [-0.2, -0.15) is 0 Å². The van der Waals surface area contributed by atoms with Gasteiger partial charge in [0.25, 0.3) is 0 Å². The van der Waals surface area contributed by atoms with Gasteiger partial charge >= 0.3 is 5.69 Å². The Morgan fingerprint density at radius 1 is 1.61 bits per heavy atom. The monoisotopic (exact) mass is 252 g/mol. The molecule has 1 saturated heterocycles. The van der Waals surface area contributed by atoms with E-state index in [2.05, 4.69) is 0 Å². The number of hydrogen-bond acceptors (Lipinski definition) is 5. The van der Waals surface area contributed by atoms with Crippen molar-refractivity contribution in [1.29, 1.82) is 0 Å². The molecule has 1 aliphatic rings. The van der Waals surface area contributed by atoms with Gasteiger partial charge in [0, 0.05) is 30.9 Å². The third kappa shape index (κ3) is 2.53. The lowest BCUT2D eigenvalue weighted by Gasteiger charge is -2.18. The molecule has 0 amide bonds. The second-order valence-corrected chi connectivity index (χ2v) is 4.23. The van der Waals surface area contributed by atoms with Crippen LogP contribution in [0.2, 0.25) is 0 Å². The van der Waals surface area contributed by atoms with Crippen molar-refractivity contribution in [2.75, 3.05) is 24.6 Å². The molecule has 98 valence electrons. The van der Waals surface area contributed by atoms with Crippen LogP contribution in [-0.2, 0) is 0 Å². The number of nitro benzene ring substituents is 1. The fraction of sp³-hybridized carbons (Fsp3) is 0.500. The largest absolute Gasteiger partial charge is 0.487 e. The van der Waals surface area contributed by atoms with Crippen LogP contribution in [0.5, 0.6) is 5.75 Å². The van der Waals surface area contributed by atoms with Gasteiger partial charge in [-0.1, -0.05) is 0 Å². The number of aliphatic hydroxyl groups is 1. The van der Waals surface area contributed by atoms with Crippen LogP contribution in [0.3, 0.4) is 0 Å². The van der Waals surface area contributed by atoms with Crippen LogP contribution in [-0.4, -0.2) is 35.8 Å². The molecule has 1 aliphatic heterocycles. The molecule has 1 heterocycles. The van der Waals surface area contributed by atoms with Gasteiger partial charge in [0.2, 0.25) is 0 Å². The molecule has 2 rings (SSSR count). The summed E-state index contributed by atoms with van der Waals surface area (Å²) in [5.41, 5.74) is 0.820. The van der Waals surface area contributed by atoms with Gasteiger partial charge in [-0.15, -0.1) is 0 Å². The van der Waals surface area contributed by atoms with E-state index in [0.717, 1.165) is 18.7 Å². The summed E-state index contributed by atoms with van der Waals surface area (Å²) in [5, 5.41) is 20.3. The molecule has 0 unspecified atom stereocenters. The fourth-order valence-electron chi connectivity index (χ4n) is 2.10. The van der Waals surface area contributed by atoms with Crippen LogP contribution in [0.15, 0.2) is 18.2 Å². The summed E-state index contributed by atoms with van der Waals surface area (Å²) in [5.74, 6) is 0.279. The zero-order valence-corrected chi connectivity index (χ0v) is 10.2. The number of anilines is 1. The van der Waals surface area contributed by atoms with E-state index in [-0.39, 0.29) is 17.5 Å². The van der Waals surface area contributed by atoms with Gasteiger partial charge in [0.05, 0.1) is 17.6 Å². The highest BCUT2D eigenvalue weighted by Gasteiger charge is 2.23. The van der Waals surface area contributed by atoms with Crippen LogP contribution >= 0.6 is 0 Å². The Morgan fingerprint density at radius 3 is 2.94 bits per heavy atom. The van der Waals surface area contributed by atoms with Crippen LogP contribution in [0, 0.1) is 10.1 Å². The molecule has 0 spiro atoms. The molecule has 0 aromatic heterocycles. The first-order chi connectivity index (χ1) is 8.61. The minimum Gasteiger partial charge on any atom is -0.487 e. The van der Waals surface area contributed by atoms with Crippen molar-refractivity contribution in [1.82, 2.24) is 0 Å². The number of β-amino-alcohol motifs (C(OH)–C–C–N with tert-alkyl or cyclic N) is 1. The number of rotatable bonds is 4. The van der Waals surface area contributed by atoms with E-state index in [0.29, 0.717) is 13.2 Å². The van der Waals surface area contributed by atoms with Gasteiger partial charge < -0.3 is 14.7 Å². The minimum atomic E-state index is -0.451. The molecular formula is C12H16N2O4. The summed E-state index contributed by atoms with van der Waals surface area (Å²) < 4.78 is 5.29. The van der Waals surface area contributed by atoms with E-state index < -0.39 is 4.92 Å². The van der Waals surface area contributed by atoms with E-state index in [1.54, 1.807) is 19.1 Å². The first kappa shape index (κ1) is 12.6. The van der Waals surface area contributed by atoms with Crippen molar-refractivity contribution in [2.24, 2.45) is 0 Å². The van der Waals surface area contributed by atoms with Crippen molar-refractivity contribution in [3.05, 3.63) is 28.3 Å². The van der Waals surface area contributed by atoms with Gasteiger partial charge in [-0.05, 0) is 19.4 Å². The first-order valence-electron chi connectivity index (χ1n) is 5.96. The van der Waals surface area contributed by atoms with Crippen molar-refractivity contribution in [3.8, 4) is 5.75 Å². The second-order valence-electron chi connectivity index (χ2n) is 4.23. The Morgan fingerprint density at radius 2 is 2.39 bits per heavy atom. The average Bonchev–Trinajstić information content (AvgIpc) is 2.76. The molecule has 1 N–H and O–H groups in total. The molecule has 18 heavy (non-hydrogen) atoms. The van der Waals surface area contributed by atoms with E-state index >= 15 is 0 Å². The minimum absolute atomic E-state index is 0.0275. The number of hydrogen-bond donors (Lipinski definition) is 1. The van der Waals surface area contributed by atoms with Crippen molar-refractivity contribution in [3.63, 3.8) is 0 Å². The number of nitrogens with zero attached hydrogens (tertiary/aromatic N) is 2. The molecule has 0 aliphatic carbocycles. The standard InChI is InChI=1S/C12H16N2O4/c1-2-18-12-7-9(3-4-11(12)14(16)17)13-6-5-10(15)8-13/h3-4,7,10,15H,2,5-6,8H2,1H3/t10-/m1/s1. The third-order valence-electron chi connectivity index (χ3n) is 2.97. The maximum atomic E-state index is 10.9. The highest BCUT2D eigenvalue weighted by atomic mass is 16.6. The van der Waals surface area contributed by atoms with Gasteiger partial charge in [0.15, 0.2) is 5.75 Å². The smallest absolute Gasteiger partial charge is 0.311 e. The molecule has 6 heteroatoms. The summed E-state index contributed by atoms with van der Waals surface area (Å²) in [6, 6.07) is 4.81. The fourth-order valence-corrected chi connectivity index (χ4v) is 2.10. The van der Waals surface area contributed by atoms with Crippen LogP contribution < -0.4 is 9.64 Å². The third-order valence-corrected chi connectivity index (χ3v) is 2.97. The molecule has 0 bridgehead atoms. The molecule has 1 atom stereocenters. The highest BCUT2D eigenvalue weighted by molar-refractivity contribution is 5.59. The number of nitro groups is 1. The van der Waals surface area contributed by atoms with Crippen LogP contribution in [0.1, 0.15) is 13.3 Å². The Balaban J connectivity index is 2.28. The van der Waals surface area contributed by atoms with E-state index in [1.165, 1.54) is 6.07 Å². The van der Waals surface area contributed by atoms with E-state index in [4.69, 9.17) is 4.74 Å². The summed E-state index contributed by atoms with van der Waals surface area (Å²) in [6.45, 7) is 3.48. The molecule has 1 aromatic rings. The molecular weight excluding hydrogens is 236 g/mol. The Kier molecular flexibility index (Phi) is 3.66. The Labute approximate surface area is 105 Å². The van der Waals surface area contributed by atoms with Crippen molar-refractivity contribution in [2.45, 2.75) is 19.4 Å². The zero-order valence-electron chi connectivity index (χ0n) is 10.2. The summed E-state index contributed by atoms with van der Waals surface area (Å²) >= 11 is 0. The molecule has 6 nitrogen and oxygen atoms in total. The van der Waals surface area contributed by atoms with Crippen molar-refractivity contribution >= 4 is 11.4 Å². The molecule has 0 saturated carbocycles. The van der Waals surface area contributed by atoms with Gasteiger partial charge in [0.1, 0.15) is 0 Å². The topological polar surface area (TPSA) is 75.8 Å². The molecule has 1 fully saturated rings. The van der Waals surface area contributed by atoms with E-state index in [1.807, 2.05) is 4.90 Å². The maximum Gasteiger partial charge on any atom is 0.311 e. The van der Waals surface area contributed by atoms with Crippen molar-refractivity contribution < 1.29 is 14.8 Å². The van der Waals surface area contributed by atoms with Crippen LogP contribution in [0.4, 0.5) is 11.4 Å². The second kappa shape index (κ2) is 5.22. The van der Waals surface area contributed by atoms with Gasteiger partial charge in [-0.3, -0.25) is 10.1 Å².